The molecule has 0 saturated carbocycles. The molecular weight excluding hydrogens is 234 g/mol. The van der Waals surface area contributed by atoms with Gasteiger partial charge in [0.2, 0.25) is 0 Å². The van der Waals surface area contributed by atoms with Crippen LogP contribution in [-0.4, -0.2) is 11.8 Å². The summed E-state index contributed by atoms with van der Waals surface area (Å²) in [5, 5.41) is 0. The van der Waals surface area contributed by atoms with Gasteiger partial charge in [-0.05, 0) is 25.1 Å². The van der Waals surface area contributed by atoms with E-state index in [2.05, 4.69) is 28.1 Å². The smallest absolute Gasteiger partial charge is 0.0186 e. The predicted octanol–water partition coefficient (Wildman–Crippen LogP) is 2.89. The van der Waals surface area contributed by atoms with Gasteiger partial charge in [0.25, 0.3) is 0 Å². The topological polar surface area (TPSA) is 26.0 Å². The fourth-order valence-corrected chi connectivity index (χ4v) is 2.18. The van der Waals surface area contributed by atoms with E-state index in [0.717, 1.165) is 10.2 Å². The maximum absolute atomic E-state index is 5.65. The number of thioether (sulfide) groups is 1. The molecule has 0 aliphatic rings. The van der Waals surface area contributed by atoms with Crippen LogP contribution >= 0.6 is 27.7 Å². The third-order valence-electron chi connectivity index (χ3n) is 1.31. The first kappa shape index (κ1) is 10.1. The molecule has 1 aromatic carbocycles. The van der Waals surface area contributed by atoms with Gasteiger partial charge in [0, 0.05) is 21.2 Å². The molecule has 0 amide bonds. The van der Waals surface area contributed by atoms with Crippen molar-refractivity contribution in [3.05, 3.63) is 28.7 Å². The molecule has 66 valence electrons. The number of hydrogen-bond acceptors (Lipinski definition) is 2. The standard InChI is InChI=1S/C9H12BrNS/c1-7(11)6-12-9-4-2-3-8(10)5-9/h2-5,7H,6,11H2,1H3. The monoisotopic (exact) mass is 245 g/mol. The Balaban J connectivity index is 2.52. The van der Waals surface area contributed by atoms with E-state index in [-0.39, 0.29) is 6.04 Å². The van der Waals surface area contributed by atoms with Gasteiger partial charge in [-0.1, -0.05) is 22.0 Å². The Morgan fingerprint density at radius 3 is 2.92 bits per heavy atom. The van der Waals surface area contributed by atoms with Gasteiger partial charge >= 0.3 is 0 Å². The lowest BCUT2D eigenvalue weighted by atomic mass is 10.4. The molecule has 0 aliphatic heterocycles. The molecule has 0 heterocycles. The Labute approximate surface area is 85.9 Å². The molecule has 0 bridgehead atoms. The van der Waals surface area contributed by atoms with Crippen molar-refractivity contribution < 1.29 is 0 Å². The maximum Gasteiger partial charge on any atom is 0.0186 e. The zero-order valence-electron chi connectivity index (χ0n) is 6.96. The lowest BCUT2D eigenvalue weighted by molar-refractivity contribution is 0.847. The van der Waals surface area contributed by atoms with Crippen LogP contribution in [0.5, 0.6) is 0 Å². The van der Waals surface area contributed by atoms with E-state index in [1.165, 1.54) is 4.90 Å². The Bertz CT molecular complexity index is 250. The largest absolute Gasteiger partial charge is 0.327 e. The van der Waals surface area contributed by atoms with Gasteiger partial charge < -0.3 is 5.73 Å². The highest BCUT2D eigenvalue weighted by Crippen LogP contribution is 2.21. The highest BCUT2D eigenvalue weighted by molar-refractivity contribution is 9.10. The van der Waals surface area contributed by atoms with Crippen LogP contribution in [0.15, 0.2) is 33.6 Å². The van der Waals surface area contributed by atoms with Gasteiger partial charge in [0.15, 0.2) is 0 Å². The van der Waals surface area contributed by atoms with Crippen molar-refractivity contribution >= 4 is 27.7 Å². The second-order valence-corrected chi connectivity index (χ2v) is 4.75. The predicted molar refractivity (Wildman–Crippen MR) is 58.5 cm³/mol. The minimum absolute atomic E-state index is 0.258. The van der Waals surface area contributed by atoms with Crippen LogP contribution in [0.2, 0.25) is 0 Å². The lowest BCUT2D eigenvalue weighted by Gasteiger charge is -2.04. The summed E-state index contributed by atoms with van der Waals surface area (Å²) in [5.74, 6) is 0.969. The molecule has 0 saturated heterocycles. The van der Waals surface area contributed by atoms with Crippen molar-refractivity contribution in [2.45, 2.75) is 17.9 Å². The summed E-state index contributed by atoms with van der Waals surface area (Å²) in [6, 6.07) is 8.52. The lowest BCUT2D eigenvalue weighted by Crippen LogP contribution is -2.17. The Morgan fingerprint density at radius 2 is 2.33 bits per heavy atom. The number of benzene rings is 1. The van der Waals surface area contributed by atoms with E-state index in [9.17, 15) is 0 Å². The van der Waals surface area contributed by atoms with E-state index in [4.69, 9.17) is 5.73 Å². The number of nitrogens with two attached hydrogens (primary N) is 1. The minimum Gasteiger partial charge on any atom is -0.327 e. The van der Waals surface area contributed by atoms with E-state index >= 15 is 0 Å². The Morgan fingerprint density at radius 1 is 1.58 bits per heavy atom. The molecule has 1 rings (SSSR count). The average Bonchev–Trinajstić information content (AvgIpc) is 2.01. The number of hydrogen-bond donors (Lipinski definition) is 1. The molecular formula is C9H12BrNS. The molecule has 12 heavy (non-hydrogen) atoms. The molecule has 1 unspecified atom stereocenters. The molecule has 0 radical (unpaired) electrons. The van der Waals surface area contributed by atoms with E-state index in [0.29, 0.717) is 0 Å². The van der Waals surface area contributed by atoms with Crippen LogP contribution in [0, 0.1) is 0 Å². The summed E-state index contributed by atoms with van der Waals surface area (Å²) >= 11 is 5.21. The molecule has 0 fully saturated rings. The summed E-state index contributed by atoms with van der Waals surface area (Å²) < 4.78 is 1.12. The quantitative estimate of drug-likeness (QED) is 0.830. The first-order valence-electron chi connectivity index (χ1n) is 3.82. The summed E-state index contributed by atoms with van der Waals surface area (Å²) in [4.78, 5) is 1.27. The molecule has 0 aromatic heterocycles. The van der Waals surface area contributed by atoms with Crippen LogP contribution in [0.25, 0.3) is 0 Å². The SMILES string of the molecule is CC(N)CSc1cccc(Br)c1. The second kappa shape index (κ2) is 4.90. The third kappa shape index (κ3) is 3.61. The third-order valence-corrected chi connectivity index (χ3v) is 3.08. The summed E-state index contributed by atoms with van der Waals surface area (Å²) in [6.07, 6.45) is 0. The van der Waals surface area contributed by atoms with Gasteiger partial charge in [-0.3, -0.25) is 0 Å². The van der Waals surface area contributed by atoms with E-state index in [1.54, 1.807) is 11.8 Å². The maximum atomic E-state index is 5.65. The van der Waals surface area contributed by atoms with E-state index in [1.807, 2.05) is 19.1 Å². The van der Waals surface area contributed by atoms with Crippen LogP contribution in [0.1, 0.15) is 6.92 Å². The molecule has 2 N–H and O–H groups in total. The highest BCUT2D eigenvalue weighted by atomic mass is 79.9. The van der Waals surface area contributed by atoms with Crippen molar-refractivity contribution in [1.82, 2.24) is 0 Å². The van der Waals surface area contributed by atoms with Crippen molar-refractivity contribution in [2.24, 2.45) is 5.73 Å². The number of halogens is 1. The van der Waals surface area contributed by atoms with Gasteiger partial charge in [-0.2, -0.15) is 0 Å². The van der Waals surface area contributed by atoms with Crippen LogP contribution in [0.4, 0.5) is 0 Å². The average molecular weight is 246 g/mol. The minimum atomic E-state index is 0.258. The Hall–Kier alpha value is 0.01000. The highest BCUT2D eigenvalue weighted by Gasteiger charge is 1.97. The van der Waals surface area contributed by atoms with Crippen LogP contribution < -0.4 is 5.73 Å². The Kier molecular flexibility index (Phi) is 4.12. The zero-order chi connectivity index (χ0) is 8.97. The van der Waals surface area contributed by atoms with E-state index < -0.39 is 0 Å². The van der Waals surface area contributed by atoms with Crippen molar-refractivity contribution in [2.75, 3.05) is 5.75 Å². The summed E-state index contributed by atoms with van der Waals surface area (Å²) in [6.45, 7) is 2.02. The van der Waals surface area contributed by atoms with Crippen molar-refractivity contribution in [3.63, 3.8) is 0 Å². The van der Waals surface area contributed by atoms with Crippen molar-refractivity contribution in [1.29, 1.82) is 0 Å². The zero-order valence-corrected chi connectivity index (χ0v) is 9.36. The number of rotatable bonds is 3. The van der Waals surface area contributed by atoms with Gasteiger partial charge in [-0.15, -0.1) is 11.8 Å². The fourth-order valence-electron chi connectivity index (χ4n) is 0.784. The normalized spacial score (nSPS) is 12.9. The summed E-state index contributed by atoms with van der Waals surface area (Å²) in [7, 11) is 0. The second-order valence-electron chi connectivity index (χ2n) is 2.75. The molecule has 0 aliphatic carbocycles. The van der Waals surface area contributed by atoms with Gasteiger partial charge in [-0.25, -0.2) is 0 Å². The molecule has 1 atom stereocenters. The molecule has 1 nitrogen and oxygen atoms in total. The van der Waals surface area contributed by atoms with Crippen LogP contribution in [0.3, 0.4) is 0 Å². The molecule has 1 aromatic rings. The van der Waals surface area contributed by atoms with Crippen LogP contribution in [-0.2, 0) is 0 Å². The van der Waals surface area contributed by atoms with Gasteiger partial charge in [0.1, 0.15) is 0 Å². The van der Waals surface area contributed by atoms with Crippen molar-refractivity contribution in [3.8, 4) is 0 Å². The molecule has 3 heteroatoms. The van der Waals surface area contributed by atoms with Gasteiger partial charge in [0.05, 0.1) is 0 Å². The fraction of sp³-hybridized carbons (Fsp3) is 0.333. The molecule has 0 spiro atoms. The first-order chi connectivity index (χ1) is 5.68. The first-order valence-corrected chi connectivity index (χ1v) is 5.60. The summed E-state index contributed by atoms with van der Waals surface area (Å²) in [5.41, 5.74) is 5.65.